The Hall–Kier alpha value is -3.68. The number of aliphatic carboxylic acids is 1. The highest BCUT2D eigenvalue weighted by molar-refractivity contribution is 5.95. The van der Waals surface area contributed by atoms with E-state index in [1.54, 1.807) is 30.3 Å². The van der Waals surface area contributed by atoms with Crippen LogP contribution in [0.3, 0.4) is 0 Å². The van der Waals surface area contributed by atoms with E-state index in [0.29, 0.717) is 11.3 Å². The van der Waals surface area contributed by atoms with Crippen LogP contribution in [0.5, 0.6) is 11.5 Å². The number of aromatic carboxylic acids is 1. The minimum absolute atomic E-state index is 0.0738. The molecule has 0 heterocycles. The van der Waals surface area contributed by atoms with Crippen molar-refractivity contribution in [1.82, 2.24) is 0 Å². The average molecular weight is 371 g/mol. The molecule has 0 bridgehead atoms. The fourth-order valence-electron chi connectivity index (χ4n) is 2.14. The number of hydrogen-bond donors (Lipinski definition) is 2. The maximum atomic E-state index is 11.7. The van der Waals surface area contributed by atoms with Crippen LogP contribution in [-0.4, -0.2) is 41.4 Å². The average Bonchev–Trinajstić information content (AvgIpc) is 2.65. The highest BCUT2D eigenvalue weighted by Gasteiger charge is 2.12. The van der Waals surface area contributed by atoms with Gasteiger partial charge in [-0.15, -0.1) is 0 Å². The molecule has 0 fully saturated rings. The maximum Gasteiger partial charge on any atom is 0.337 e. The fraction of sp³-hybridized carbons (Fsp3) is 0.158. The number of methoxy groups -OCH3 is 1. The number of carbonyl (C=O) groups is 3. The van der Waals surface area contributed by atoms with Crippen molar-refractivity contribution in [1.29, 1.82) is 0 Å². The highest BCUT2D eigenvalue weighted by Crippen LogP contribution is 2.28. The summed E-state index contributed by atoms with van der Waals surface area (Å²) in [6.45, 7) is 0. The number of aliphatic imine (C=N–C) groups is 1. The first-order valence-electron chi connectivity index (χ1n) is 7.87. The van der Waals surface area contributed by atoms with Gasteiger partial charge in [-0.3, -0.25) is 14.6 Å². The molecule has 27 heavy (non-hydrogen) atoms. The van der Waals surface area contributed by atoms with Gasteiger partial charge in [-0.1, -0.05) is 12.1 Å². The molecule has 0 aliphatic heterocycles. The third-order valence-electron chi connectivity index (χ3n) is 3.44. The summed E-state index contributed by atoms with van der Waals surface area (Å²) in [5.74, 6) is -2.45. The van der Waals surface area contributed by atoms with Crippen LogP contribution >= 0.6 is 0 Å². The molecule has 0 atom stereocenters. The maximum absolute atomic E-state index is 11.7. The highest BCUT2D eigenvalue weighted by atomic mass is 16.6. The topological polar surface area (TPSA) is 122 Å². The number of benzene rings is 2. The number of hydrogen-bond acceptors (Lipinski definition) is 6. The minimum atomic E-state index is -1.09. The van der Waals surface area contributed by atoms with Crippen LogP contribution in [0.15, 0.2) is 47.5 Å². The monoisotopic (exact) mass is 371 g/mol. The first-order chi connectivity index (χ1) is 12.9. The van der Waals surface area contributed by atoms with Crippen molar-refractivity contribution in [3.05, 3.63) is 53.6 Å². The standard InChI is InChI=1S/C19H17NO7/c1-26-16-10-12(6-7-15(16)27-18(23)9-8-17(21)22)11-20-14-5-3-2-4-13(14)19(24)25/h2-7,10-11H,8-9H2,1H3,(H,21,22)(H,24,25). The van der Waals surface area contributed by atoms with Crippen molar-refractivity contribution >= 4 is 29.8 Å². The van der Waals surface area contributed by atoms with Crippen molar-refractivity contribution in [2.45, 2.75) is 12.8 Å². The summed E-state index contributed by atoms with van der Waals surface area (Å²) in [7, 11) is 1.39. The lowest BCUT2D eigenvalue weighted by Crippen LogP contribution is -2.11. The smallest absolute Gasteiger partial charge is 0.337 e. The normalized spacial score (nSPS) is 10.6. The summed E-state index contributed by atoms with van der Waals surface area (Å²) in [4.78, 5) is 37.5. The van der Waals surface area contributed by atoms with E-state index >= 15 is 0 Å². The summed E-state index contributed by atoms with van der Waals surface area (Å²) < 4.78 is 10.3. The van der Waals surface area contributed by atoms with Crippen LogP contribution in [0, 0.1) is 0 Å². The molecule has 0 aliphatic carbocycles. The van der Waals surface area contributed by atoms with Crippen LogP contribution in [0.1, 0.15) is 28.8 Å². The van der Waals surface area contributed by atoms with Crippen molar-refractivity contribution in [2.75, 3.05) is 7.11 Å². The molecule has 2 N–H and O–H groups in total. The molecule has 0 unspecified atom stereocenters. The number of carboxylic acids is 2. The van der Waals surface area contributed by atoms with E-state index in [4.69, 9.17) is 19.7 Å². The molecule has 0 saturated heterocycles. The van der Waals surface area contributed by atoms with Crippen LogP contribution in [0.2, 0.25) is 0 Å². The molecule has 0 aliphatic rings. The third kappa shape index (κ3) is 5.67. The van der Waals surface area contributed by atoms with E-state index in [0.717, 1.165) is 0 Å². The van der Waals surface area contributed by atoms with Gasteiger partial charge in [0, 0.05) is 6.21 Å². The SMILES string of the molecule is COc1cc(C=Nc2ccccc2C(=O)O)ccc1OC(=O)CCC(=O)O. The predicted octanol–water partition coefficient (Wildman–Crippen LogP) is 2.91. The Morgan fingerprint density at radius 1 is 1.04 bits per heavy atom. The van der Waals surface area contributed by atoms with E-state index in [2.05, 4.69) is 4.99 Å². The largest absolute Gasteiger partial charge is 0.493 e. The van der Waals surface area contributed by atoms with Crippen LogP contribution in [0.25, 0.3) is 0 Å². The molecule has 8 heteroatoms. The lowest BCUT2D eigenvalue weighted by molar-refractivity contribution is -0.142. The summed E-state index contributed by atoms with van der Waals surface area (Å²) >= 11 is 0. The van der Waals surface area contributed by atoms with Gasteiger partial charge in [0.1, 0.15) is 0 Å². The zero-order valence-corrected chi connectivity index (χ0v) is 14.4. The van der Waals surface area contributed by atoms with Crippen molar-refractivity contribution < 1.29 is 34.1 Å². The quantitative estimate of drug-likeness (QED) is 0.415. The van der Waals surface area contributed by atoms with Gasteiger partial charge in [0.05, 0.1) is 31.2 Å². The van der Waals surface area contributed by atoms with Gasteiger partial charge in [-0.05, 0) is 35.9 Å². The van der Waals surface area contributed by atoms with Gasteiger partial charge in [-0.2, -0.15) is 0 Å². The summed E-state index contributed by atoms with van der Waals surface area (Å²) in [5, 5.41) is 17.8. The van der Waals surface area contributed by atoms with Crippen molar-refractivity contribution in [3.8, 4) is 11.5 Å². The zero-order valence-electron chi connectivity index (χ0n) is 14.4. The van der Waals surface area contributed by atoms with E-state index < -0.39 is 17.9 Å². The molecule has 2 rings (SSSR count). The van der Waals surface area contributed by atoms with Gasteiger partial charge in [0.15, 0.2) is 11.5 Å². The summed E-state index contributed by atoms with van der Waals surface area (Å²) in [6, 6.07) is 11.0. The minimum Gasteiger partial charge on any atom is -0.493 e. The Kier molecular flexibility index (Phi) is 6.65. The number of carbonyl (C=O) groups excluding carboxylic acids is 1. The second kappa shape index (κ2) is 9.14. The molecule has 0 radical (unpaired) electrons. The molecule has 0 amide bonds. The first-order valence-corrected chi connectivity index (χ1v) is 7.87. The van der Waals surface area contributed by atoms with Gasteiger partial charge in [0.25, 0.3) is 0 Å². The zero-order chi connectivity index (χ0) is 19.8. The van der Waals surface area contributed by atoms with Crippen LogP contribution in [0.4, 0.5) is 5.69 Å². The Bertz CT molecular complexity index is 889. The number of nitrogens with zero attached hydrogens (tertiary/aromatic N) is 1. The molecule has 2 aromatic carbocycles. The fourth-order valence-corrected chi connectivity index (χ4v) is 2.14. The number of esters is 1. The molecule has 0 spiro atoms. The molecular weight excluding hydrogens is 354 g/mol. The first kappa shape index (κ1) is 19.6. The number of carboxylic acid groups (broad SMARTS) is 2. The molecular formula is C19H17NO7. The van der Waals surface area contributed by atoms with Crippen molar-refractivity contribution in [2.24, 2.45) is 4.99 Å². The summed E-state index contributed by atoms with van der Waals surface area (Å²) in [5.41, 5.74) is 0.968. The lowest BCUT2D eigenvalue weighted by atomic mass is 10.2. The van der Waals surface area contributed by atoms with Crippen molar-refractivity contribution in [3.63, 3.8) is 0 Å². The van der Waals surface area contributed by atoms with E-state index in [1.807, 2.05) is 0 Å². The van der Waals surface area contributed by atoms with Crippen LogP contribution in [-0.2, 0) is 9.59 Å². The Morgan fingerprint density at radius 3 is 2.44 bits per heavy atom. The predicted molar refractivity (Wildman–Crippen MR) is 96.2 cm³/mol. The number of ether oxygens (including phenoxy) is 2. The van der Waals surface area contributed by atoms with E-state index in [9.17, 15) is 14.4 Å². The molecule has 8 nitrogen and oxygen atoms in total. The lowest BCUT2D eigenvalue weighted by Gasteiger charge is -2.09. The number of para-hydroxylation sites is 1. The second-order valence-corrected chi connectivity index (χ2v) is 5.36. The van der Waals surface area contributed by atoms with E-state index in [1.165, 1.54) is 25.5 Å². The molecule has 0 saturated carbocycles. The van der Waals surface area contributed by atoms with Gasteiger partial charge in [0.2, 0.25) is 0 Å². The van der Waals surface area contributed by atoms with Gasteiger partial charge >= 0.3 is 17.9 Å². The Balaban J connectivity index is 2.17. The van der Waals surface area contributed by atoms with E-state index in [-0.39, 0.29) is 29.9 Å². The Labute approximate surface area is 154 Å². The summed E-state index contributed by atoms with van der Waals surface area (Å²) in [6.07, 6.45) is 0.878. The van der Waals surface area contributed by atoms with Gasteiger partial charge < -0.3 is 19.7 Å². The molecule has 140 valence electrons. The second-order valence-electron chi connectivity index (χ2n) is 5.36. The van der Waals surface area contributed by atoms with Gasteiger partial charge in [-0.25, -0.2) is 4.79 Å². The molecule has 0 aromatic heterocycles. The Morgan fingerprint density at radius 2 is 1.78 bits per heavy atom. The van der Waals surface area contributed by atoms with Crippen LogP contribution < -0.4 is 9.47 Å². The number of rotatable bonds is 8. The molecule has 2 aromatic rings. The third-order valence-corrected chi connectivity index (χ3v) is 3.44.